The van der Waals surface area contributed by atoms with Crippen LogP contribution in [0, 0.1) is 0 Å². The summed E-state index contributed by atoms with van der Waals surface area (Å²) in [6.45, 7) is 4.31. The first-order chi connectivity index (χ1) is 11.0. The van der Waals surface area contributed by atoms with Gasteiger partial charge in [0, 0.05) is 6.07 Å². The van der Waals surface area contributed by atoms with Crippen molar-refractivity contribution < 1.29 is 14.3 Å². The fourth-order valence-corrected chi connectivity index (χ4v) is 2.26. The largest absolute Gasteiger partial charge is 0.497 e. The molecular formula is C20H22O3. The molecule has 3 nitrogen and oxygen atoms in total. The molecule has 0 bridgehead atoms. The number of allylic oxidation sites excluding steroid dienone is 1. The molecule has 0 aliphatic carbocycles. The minimum atomic E-state index is -0.0996. The minimum absolute atomic E-state index is 0.0996. The van der Waals surface area contributed by atoms with E-state index < -0.39 is 0 Å². The molecule has 3 heteroatoms. The molecule has 23 heavy (non-hydrogen) atoms. The van der Waals surface area contributed by atoms with Gasteiger partial charge < -0.3 is 9.47 Å². The van der Waals surface area contributed by atoms with Crippen LogP contribution < -0.4 is 9.47 Å². The van der Waals surface area contributed by atoms with Crippen molar-refractivity contribution >= 4 is 11.9 Å². The zero-order valence-corrected chi connectivity index (χ0v) is 14.0. The summed E-state index contributed by atoms with van der Waals surface area (Å²) in [4.78, 5) is 12.4. The van der Waals surface area contributed by atoms with Crippen molar-refractivity contribution in [1.82, 2.24) is 0 Å². The van der Waals surface area contributed by atoms with E-state index in [1.807, 2.05) is 18.2 Å². The van der Waals surface area contributed by atoms with Crippen LogP contribution in [-0.4, -0.2) is 20.0 Å². The maximum atomic E-state index is 12.4. The predicted molar refractivity (Wildman–Crippen MR) is 93.4 cm³/mol. The number of methoxy groups -OCH3 is 2. The van der Waals surface area contributed by atoms with E-state index in [1.54, 1.807) is 38.5 Å². The second kappa shape index (κ2) is 7.63. The molecule has 0 fully saturated rings. The lowest BCUT2D eigenvalue weighted by Gasteiger charge is -2.08. The molecule has 2 aromatic carbocycles. The summed E-state index contributed by atoms with van der Waals surface area (Å²) in [5, 5.41) is 0. The van der Waals surface area contributed by atoms with E-state index in [0.29, 0.717) is 23.0 Å². The molecule has 0 heterocycles. The molecule has 0 aliphatic heterocycles. The van der Waals surface area contributed by atoms with Crippen molar-refractivity contribution in [2.75, 3.05) is 14.2 Å². The average Bonchev–Trinajstić information content (AvgIpc) is 2.59. The van der Waals surface area contributed by atoms with Gasteiger partial charge in [-0.1, -0.05) is 44.2 Å². The van der Waals surface area contributed by atoms with Crippen LogP contribution in [0.2, 0.25) is 0 Å². The Hall–Kier alpha value is -2.55. The van der Waals surface area contributed by atoms with Crippen molar-refractivity contribution in [3.8, 4) is 11.5 Å². The van der Waals surface area contributed by atoms with Gasteiger partial charge in [-0.25, -0.2) is 0 Å². The van der Waals surface area contributed by atoms with E-state index in [1.165, 1.54) is 5.56 Å². The second-order valence-electron chi connectivity index (χ2n) is 5.59. The normalized spacial score (nSPS) is 11.0. The number of benzene rings is 2. The SMILES string of the molecule is COc1ccc(C(=O)C=Cc2ccc(C(C)C)cc2)c(OC)c1. The van der Waals surface area contributed by atoms with Gasteiger partial charge in [0.25, 0.3) is 0 Å². The summed E-state index contributed by atoms with van der Waals surface area (Å²) in [6, 6.07) is 13.4. The number of ketones is 1. The Bertz CT molecular complexity index is 697. The van der Waals surface area contributed by atoms with Gasteiger partial charge in [-0.3, -0.25) is 4.79 Å². The highest BCUT2D eigenvalue weighted by Crippen LogP contribution is 2.25. The first-order valence-corrected chi connectivity index (χ1v) is 7.59. The molecule has 0 atom stereocenters. The molecule has 0 spiro atoms. The monoisotopic (exact) mass is 310 g/mol. The van der Waals surface area contributed by atoms with Crippen molar-refractivity contribution in [3.63, 3.8) is 0 Å². The van der Waals surface area contributed by atoms with E-state index in [2.05, 4.69) is 26.0 Å². The zero-order valence-electron chi connectivity index (χ0n) is 14.0. The first kappa shape index (κ1) is 16.8. The van der Waals surface area contributed by atoms with E-state index in [4.69, 9.17) is 9.47 Å². The van der Waals surface area contributed by atoms with Crippen LogP contribution in [0.4, 0.5) is 0 Å². The van der Waals surface area contributed by atoms with Crippen LogP contribution in [0.1, 0.15) is 41.3 Å². The average molecular weight is 310 g/mol. The Morgan fingerprint density at radius 1 is 1.00 bits per heavy atom. The summed E-state index contributed by atoms with van der Waals surface area (Å²) in [7, 11) is 3.12. The fraction of sp³-hybridized carbons (Fsp3) is 0.250. The van der Waals surface area contributed by atoms with Crippen LogP contribution in [0.5, 0.6) is 11.5 Å². The number of carbonyl (C=O) groups is 1. The molecule has 0 N–H and O–H groups in total. The highest BCUT2D eigenvalue weighted by Gasteiger charge is 2.10. The maximum Gasteiger partial charge on any atom is 0.189 e. The summed E-state index contributed by atoms with van der Waals surface area (Å²) in [6.07, 6.45) is 3.38. The van der Waals surface area contributed by atoms with Gasteiger partial charge in [-0.05, 0) is 35.3 Å². The Morgan fingerprint density at radius 2 is 1.70 bits per heavy atom. The predicted octanol–water partition coefficient (Wildman–Crippen LogP) is 4.72. The third kappa shape index (κ3) is 4.22. The lowest BCUT2D eigenvalue weighted by Crippen LogP contribution is -1.99. The Kier molecular flexibility index (Phi) is 5.58. The Morgan fingerprint density at radius 3 is 2.26 bits per heavy atom. The quantitative estimate of drug-likeness (QED) is 0.572. The van der Waals surface area contributed by atoms with Crippen LogP contribution in [-0.2, 0) is 0 Å². The standard InChI is InChI=1S/C20H22O3/c1-14(2)16-8-5-15(6-9-16)7-12-19(21)18-11-10-17(22-3)13-20(18)23-4/h5-14H,1-4H3. The van der Waals surface area contributed by atoms with Gasteiger partial charge in [0.1, 0.15) is 11.5 Å². The van der Waals surface area contributed by atoms with Crippen LogP contribution >= 0.6 is 0 Å². The smallest absolute Gasteiger partial charge is 0.189 e. The molecule has 2 rings (SSSR count). The molecule has 0 radical (unpaired) electrons. The first-order valence-electron chi connectivity index (χ1n) is 7.59. The molecule has 0 aliphatic rings. The number of rotatable bonds is 6. The lowest BCUT2D eigenvalue weighted by molar-refractivity contribution is 0.104. The topological polar surface area (TPSA) is 35.5 Å². The highest BCUT2D eigenvalue weighted by atomic mass is 16.5. The number of ether oxygens (including phenoxy) is 2. The fourth-order valence-electron chi connectivity index (χ4n) is 2.26. The molecule has 0 aromatic heterocycles. The van der Waals surface area contributed by atoms with Gasteiger partial charge in [0.2, 0.25) is 0 Å². The van der Waals surface area contributed by atoms with E-state index in [-0.39, 0.29) is 5.78 Å². The molecule has 0 saturated heterocycles. The number of carbonyl (C=O) groups excluding carboxylic acids is 1. The van der Waals surface area contributed by atoms with Crippen molar-refractivity contribution in [1.29, 1.82) is 0 Å². The third-order valence-electron chi connectivity index (χ3n) is 3.70. The molecule has 0 unspecified atom stereocenters. The van der Waals surface area contributed by atoms with E-state index >= 15 is 0 Å². The summed E-state index contributed by atoms with van der Waals surface area (Å²) >= 11 is 0. The van der Waals surface area contributed by atoms with Gasteiger partial charge in [0.15, 0.2) is 5.78 Å². The summed E-state index contributed by atoms with van der Waals surface area (Å²) < 4.78 is 10.4. The van der Waals surface area contributed by atoms with Crippen molar-refractivity contribution in [3.05, 3.63) is 65.2 Å². The van der Waals surface area contributed by atoms with Gasteiger partial charge >= 0.3 is 0 Å². The van der Waals surface area contributed by atoms with Crippen LogP contribution in [0.25, 0.3) is 6.08 Å². The molecule has 120 valence electrons. The zero-order chi connectivity index (χ0) is 16.8. The third-order valence-corrected chi connectivity index (χ3v) is 3.70. The Balaban J connectivity index is 2.18. The molecule has 2 aromatic rings. The molecular weight excluding hydrogens is 288 g/mol. The van der Waals surface area contributed by atoms with Crippen LogP contribution in [0.3, 0.4) is 0 Å². The van der Waals surface area contributed by atoms with E-state index in [9.17, 15) is 4.79 Å². The van der Waals surface area contributed by atoms with Crippen molar-refractivity contribution in [2.24, 2.45) is 0 Å². The number of hydrogen-bond acceptors (Lipinski definition) is 3. The van der Waals surface area contributed by atoms with Crippen molar-refractivity contribution in [2.45, 2.75) is 19.8 Å². The minimum Gasteiger partial charge on any atom is -0.497 e. The molecule has 0 amide bonds. The van der Waals surface area contributed by atoms with Gasteiger partial charge in [0.05, 0.1) is 19.8 Å². The maximum absolute atomic E-state index is 12.4. The second-order valence-corrected chi connectivity index (χ2v) is 5.59. The summed E-state index contributed by atoms with van der Waals surface area (Å²) in [5.41, 5.74) is 2.80. The van der Waals surface area contributed by atoms with Crippen LogP contribution in [0.15, 0.2) is 48.5 Å². The molecule has 0 saturated carbocycles. The summed E-state index contributed by atoms with van der Waals surface area (Å²) in [5.74, 6) is 1.57. The highest BCUT2D eigenvalue weighted by molar-refractivity contribution is 6.08. The Labute approximate surface area is 137 Å². The van der Waals surface area contributed by atoms with Gasteiger partial charge in [-0.15, -0.1) is 0 Å². The number of hydrogen-bond donors (Lipinski definition) is 0. The van der Waals surface area contributed by atoms with Gasteiger partial charge in [-0.2, -0.15) is 0 Å². The lowest BCUT2D eigenvalue weighted by atomic mass is 10.0. The van der Waals surface area contributed by atoms with E-state index in [0.717, 1.165) is 5.56 Å².